The first-order valence-electron chi connectivity index (χ1n) is 6.39. The topological polar surface area (TPSA) is 29.1 Å². The lowest BCUT2D eigenvalue weighted by Gasteiger charge is -2.33. The second kappa shape index (κ2) is 5.94. The van der Waals surface area contributed by atoms with Crippen LogP contribution in [-0.4, -0.2) is 11.9 Å². The highest BCUT2D eigenvalue weighted by Gasteiger charge is 2.34. The fraction of sp³-hybridized carbons (Fsp3) is 0.786. The molecule has 1 saturated carbocycles. The molecule has 1 rings (SSSR count). The number of amides is 1. The second-order valence-electron chi connectivity index (χ2n) is 5.10. The van der Waals surface area contributed by atoms with E-state index in [0.717, 1.165) is 25.7 Å². The Labute approximate surface area is 99.2 Å². The van der Waals surface area contributed by atoms with Gasteiger partial charge in [0.15, 0.2) is 0 Å². The highest BCUT2D eigenvalue weighted by Crippen LogP contribution is 2.35. The molecule has 0 radical (unpaired) electrons. The summed E-state index contributed by atoms with van der Waals surface area (Å²) >= 11 is 0. The second-order valence-corrected chi connectivity index (χ2v) is 5.10. The molecular weight excluding hydrogens is 198 g/mol. The summed E-state index contributed by atoms with van der Waals surface area (Å²) in [5, 5.41) is 3.00. The normalized spacial score (nSPS) is 20.8. The maximum atomic E-state index is 12.2. The van der Waals surface area contributed by atoms with Crippen molar-refractivity contribution in [3.8, 4) is 12.3 Å². The van der Waals surface area contributed by atoms with Crippen molar-refractivity contribution in [2.24, 2.45) is 5.41 Å². The van der Waals surface area contributed by atoms with Gasteiger partial charge < -0.3 is 5.32 Å². The van der Waals surface area contributed by atoms with Crippen molar-refractivity contribution < 1.29 is 4.79 Å². The number of terminal acetylenes is 1. The van der Waals surface area contributed by atoms with Crippen LogP contribution in [0.3, 0.4) is 0 Å². The highest BCUT2D eigenvalue weighted by atomic mass is 16.2. The van der Waals surface area contributed by atoms with E-state index in [-0.39, 0.29) is 17.4 Å². The Kier molecular flexibility index (Phi) is 4.86. The van der Waals surface area contributed by atoms with Crippen molar-refractivity contribution in [1.82, 2.24) is 5.32 Å². The van der Waals surface area contributed by atoms with E-state index < -0.39 is 0 Å². The summed E-state index contributed by atoms with van der Waals surface area (Å²) in [5.41, 5.74) is -0.179. The third kappa shape index (κ3) is 3.27. The highest BCUT2D eigenvalue weighted by molar-refractivity contribution is 5.82. The summed E-state index contributed by atoms with van der Waals surface area (Å²) in [6.07, 6.45) is 12.9. The quantitative estimate of drug-likeness (QED) is 0.727. The van der Waals surface area contributed by atoms with Crippen molar-refractivity contribution in [2.75, 3.05) is 0 Å². The first-order valence-corrected chi connectivity index (χ1v) is 6.39. The number of nitrogens with one attached hydrogen (secondary N) is 1. The largest absolute Gasteiger partial charge is 0.342 e. The van der Waals surface area contributed by atoms with Crippen molar-refractivity contribution >= 4 is 5.91 Å². The lowest BCUT2D eigenvalue weighted by molar-refractivity contribution is -0.132. The zero-order valence-electron chi connectivity index (χ0n) is 10.5. The van der Waals surface area contributed by atoms with E-state index in [1.807, 2.05) is 0 Å². The van der Waals surface area contributed by atoms with Crippen LogP contribution in [0.5, 0.6) is 0 Å². The van der Waals surface area contributed by atoms with Gasteiger partial charge in [-0.05, 0) is 19.3 Å². The van der Waals surface area contributed by atoms with Crippen LogP contribution in [0.25, 0.3) is 0 Å². The van der Waals surface area contributed by atoms with E-state index in [4.69, 9.17) is 6.42 Å². The Morgan fingerprint density at radius 1 is 1.44 bits per heavy atom. The van der Waals surface area contributed by atoms with Gasteiger partial charge in [-0.25, -0.2) is 0 Å². The number of hydrogen-bond acceptors (Lipinski definition) is 1. The summed E-state index contributed by atoms with van der Waals surface area (Å²) in [4.78, 5) is 12.2. The van der Waals surface area contributed by atoms with Crippen LogP contribution in [0.2, 0.25) is 0 Å². The molecule has 0 aliphatic heterocycles. The Balaban J connectivity index is 2.53. The van der Waals surface area contributed by atoms with Crippen molar-refractivity contribution in [3.05, 3.63) is 0 Å². The molecule has 0 aromatic carbocycles. The number of hydrogen-bond donors (Lipinski definition) is 1. The van der Waals surface area contributed by atoms with E-state index >= 15 is 0 Å². The molecule has 1 aliphatic rings. The van der Waals surface area contributed by atoms with Gasteiger partial charge in [0.1, 0.15) is 0 Å². The standard InChI is InChI=1S/C14H23NO/c1-4-9-12(5-2)15-13(16)14(3)10-7-6-8-11-14/h2,12H,4,6-11H2,1,3H3,(H,15,16). The Morgan fingerprint density at radius 3 is 2.56 bits per heavy atom. The lowest BCUT2D eigenvalue weighted by Crippen LogP contribution is -2.44. The SMILES string of the molecule is C#CC(CCC)NC(=O)C1(C)CCCCC1. The van der Waals surface area contributed by atoms with Crippen LogP contribution in [0.1, 0.15) is 58.8 Å². The number of rotatable bonds is 4. The van der Waals surface area contributed by atoms with E-state index in [2.05, 4.69) is 25.1 Å². The summed E-state index contributed by atoms with van der Waals surface area (Å²) in [6.45, 7) is 4.15. The summed E-state index contributed by atoms with van der Waals surface area (Å²) in [7, 11) is 0. The zero-order valence-corrected chi connectivity index (χ0v) is 10.5. The predicted octanol–water partition coefficient (Wildman–Crippen LogP) is 2.87. The van der Waals surface area contributed by atoms with Gasteiger partial charge in [0.2, 0.25) is 5.91 Å². The molecule has 1 N–H and O–H groups in total. The van der Waals surface area contributed by atoms with Crippen LogP contribution in [-0.2, 0) is 4.79 Å². The van der Waals surface area contributed by atoms with Crippen LogP contribution in [0.4, 0.5) is 0 Å². The molecule has 0 spiro atoms. The minimum Gasteiger partial charge on any atom is -0.342 e. The molecule has 1 aliphatic carbocycles. The first kappa shape index (κ1) is 13.1. The predicted molar refractivity (Wildman–Crippen MR) is 66.9 cm³/mol. The molecule has 2 nitrogen and oxygen atoms in total. The van der Waals surface area contributed by atoms with E-state index in [0.29, 0.717) is 0 Å². The maximum absolute atomic E-state index is 12.2. The summed E-state index contributed by atoms with van der Waals surface area (Å²) < 4.78 is 0. The molecule has 1 fully saturated rings. The van der Waals surface area contributed by atoms with Crippen LogP contribution in [0, 0.1) is 17.8 Å². The van der Waals surface area contributed by atoms with E-state index in [1.165, 1.54) is 19.3 Å². The molecule has 16 heavy (non-hydrogen) atoms. The number of carbonyl (C=O) groups is 1. The molecule has 2 heteroatoms. The van der Waals surface area contributed by atoms with Crippen LogP contribution in [0.15, 0.2) is 0 Å². The molecule has 1 unspecified atom stereocenters. The Bertz CT molecular complexity index is 271. The molecule has 0 heterocycles. The molecule has 90 valence electrons. The third-order valence-electron chi connectivity index (χ3n) is 3.59. The van der Waals surface area contributed by atoms with Crippen molar-refractivity contribution in [1.29, 1.82) is 0 Å². The Hall–Kier alpha value is -0.970. The van der Waals surface area contributed by atoms with Crippen LogP contribution >= 0.6 is 0 Å². The van der Waals surface area contributed by atoms with Gasteiger partial charge in [0.05, 0.1) is 6.04 Å². The molecule has 1 atom stereocenters. The van der Waals surface area contributed by atoms with Gasteiger partial charge in [-0.1, -0.05) is 45.5 Å². The van der Waals surface area contributed by atoms with Crippen molar-refractivity contribution in [3.63, 3.8) is 0 Å². The Morgan fingerprint density at radius 2 is 2.06 bits per heavy atom. The van der Waals surface area contributed by atoms with Gasteiger partial charge in [0, 0.05) is 5.41 Å². The monoisotopic (exact) mass is 221 g/mol. The molecule has 0 aromatic heterocycles. The fourth-order valence-electron chi connectivity index (χ4n) is 2.38. The zero-order chi connectivity index (χ0) is 12.0. The van der Waals surface area contributed by atoms with Gasteiger partial charge in [-0.2, -0.15) is 0 Å². The van der Waals surface area contributed by atoms with Crippen LogP contribution < -0.4 is 5.32 Å². The first-order chi connectivity index (χ1) is 7.62. The summed E-state index contributed by atoms with van der Waals surface area (Å²) in [5.74, 6) is 2.81. The van der Waals surface area contributed by atoms with Gasteiger partial charge in [-0.3, -0.25) is 4.79 Å². The molecular formula is C14H23NO. The number of carbonyl (C=O) groups excluding carboxylic acids is 1. The lowest BCUT2D eigenvalue weighted by atomic mass is 9.75. The van der Waals surface area contributed by atoms with E-state index in [9.17, 15) is 4.79 Å². The third-order valence-corrected chi connectivity index (χ3v) is 3.59. The molecule has 0 aromatic rings. The van der Waals surface area contributed by atoms with Gasteiger partial charge in [0.25, 0.3) is 0 Å². The maximum Gasteiger partial charge on any atom is 0.226 e. The molecule has 0 bridgehead atoms. The van der Waals surface area contributed by atoms with Crippen molar-refractivity contribution in [2.45, 2.75) is 64.8 Å². The smallest absolute Gasteiger partial charge is 0.226 e. The molecule has 1 amide bonds. The average molecular weight is 221 g/mol. The molecule has 0 saturated heterocycles. The van der Waals surface area contributed by atoms with Gasteiger partial charge in [-0.15, -0.1) is 6.42 Å². The van der Waals surface area contributed by atoms with Gasteiger partial charge >= 0.3 is 0 Å². The minimum atomic E-state index is -0.179. The minimum absolute atomic E-state index is 0.0868. The average Bonchev–Trinajstić information content (AvgIpc) is 2.29. The summed E-state index contributed by atoms with van der Waals surface area (Å²) in [6, 6.07) is -0.0868. The van der Waals surface area contributed by atoms with E-state index in [1.54, 1.807) is 0 Å². The fourth-order valence-corrected chi connectivity index (χ4v) is 2.38.